The van der Waals surface area contributed by atoms with Crippen molar-refractivity contribution in [3.05, 3.63) is 53.4 Å². The second-order valence-corrected chi connectivity index (χ2v) is 6.33. The van der Waals surface area contributed by atoms with Gasteiger partial charge in [0.05, 0.1) is 7.11 Å². The van der Waals surface area contributed by atoms with E-state index in [2.05, 4.69) is 17.1 Å². The average molecular weight is 385 g/mol. The minimum absolute atomic E-state index is 0.163. The molecule has 0 unspecified atom stereocenters. The lowest BCUT2D eigenvalue weighted by molar-refractivity contribution is 0.171. The molecule has 4 rings (SSSR count). The molecule has 2 aromatic carbocycles. The number of fused-ring (bicyclic) bond motifs is 1. The number of halogens is 1. The van der Waals surface area contributed by atoms with Crippen molar-refractivity contribution < 1.29 is 18.7 Å². The largest absolute Gasteiger partial charge is 0.493 e. The molecule has 6 nitrogen and oxygen atoms in total. The summed E-state index contributed by atoms with van der Waals surface area (Å²) in [6.45, 7) is 2.27. The smallest absolute Gasteiger partial charge is 0.269 e. The minimum Gasteiger partial charge on any atom is -0.493 e. The van der Waals surface area contributed by atoms with Gasteiger partial charge in [-0.25, -0.2) is 0 Å². The molecule has 0 atom stereocenters. The lowest BCUT2D eigenvalue weighted by Gasteiger charge is -2.05. The van der Waals surface area contributed by atoms with Crippen molar-refractivity contribution >= 4 is 22.7 Å². The highest BCUT2D eigenvalue weighted by molar-refractivity contribution is 6.50. The van der Waals surface area contributed by atoms with Crippen LogP contribution in [0, 0.1) is 0 Å². The maximum Gasteiger partial charge on any atom is 0.269 e. The Balaban J connectivity index is 1.61. The maximum absolute atomic E-state index is 6.39. The van der Waals surface area contributed by atoms with Gasteiger partial charge in [-0.05, 0) is 35.8 Å². The second kappa shape index (κ2) is 7.32. The summed E-state index contributed by atoms with van der Waals surface area (Å²) in [6.07, 6.45) is 2.69. The summed E-state index contributed by atoms with van der Waals surface area (Å²) in [4.78, 5) is 4.38. The van der Waals surface area contributed by atoms with Crippen LogP contribution in [0.2, 0.25) is 0 Å². The Morgan fingerprint density at radius 2 is 2.04 bits per heavy atom. The highest BCUT2D eigenvalue weighted by Crippen LogP contribution is 2.42. The maximum atomic E-state index is 6.39. The summed E-state index contributed by atoms with van der Waals surface area (Å²) in [5, 5.41) is 4.33. The van der Waals surface area contributed by atoms with Crippen LogP contribution in [0.15, 0.2) is 40.9 Å². The fraction of sp³-hybridized carbons (Fsp3) is 0.200. The SMILES string of the molecule is CCc1ccc(-c2noc(/C(Cl)=C/c3cc(OC)c4c(c3)OCO4)n2)cc1. The summed E-state index contributed by atoms with van der Waals surface area (Å²) >= 11 is 6.39. The van der Waals surface area contributed by atoms with Gasteiger partial charge in [0, 0.05) is 5.56 Å². The Kier molecular flexibility index (Phi) is 4.73. The molecule has 0 saturated heterocycles. The van der Waals surface area contributed by atoms with Crippen LogP contribution in [-0.2, 0) is 6.42 Å². The van der Waals surface area contributed by atoms with Crippen LogP contribution >= 0.6 is 11.6 Å². The first-order valence-electron chi connectivity index (χ1n) is 8.46. The molecule has 0 spiro atoms. The van der Waals surface area contributed by atoms with Crippen molar-refractivity contribution in [3.63, 3.8) is 0 Å². The molecule has 0 fully saturated rings. The molecule has 0 bridgehead atoms. The Labute approximate surface area is 161 Å². The van der Waals surface area contributed by atoms with E-state index >= 15 is 0 Å². The van der Waals surface area contributed by atoms with Gasteiger partial charge in [-0.1, -0.05) is 47.9 Å². The Bertz CT molecular complexity index is 996. The zero-order chi connectivity index (χ0) is 18.8. The van der Waals surface area contributed by atoms with Crippen LogP contribution in [0.5, 0.6) is 17.2 Å². The number of aryl methyl sites for hydroxylation is 1. The van der Waals surface area contributed by atoms with Gasteiger partial charge in [0.15, 0.2) is 11.5 Å². The van der Waals surface area contributed by atoms with Crippen LogP contribution in [0.4, 0.5) is 0 Å². The topological polar surface area (TPSA) is 66.6 Å². The van der Waals surface area contributed by atoms with Crippen molar-refractivity contribution in [2.24, 2.45) is 0 Å². The van der Waals surface area contributed by atoms with Gasteiger partial charge in [-0.3, -0.25) is 0 Å². The third kappa shape index (κ3) is 3.48. The molecule has 1 aromatic heterocycles. The molecule has 27 heavy (non-hydrogen) atoms. The number of benzene rings is 2. The van der Waals surface area contributed by atoms with Crippen LogP contribution in [-0.4, -0.2) is 24.0 Å². The average Bonchev–Trinajstić information content (AvgIpc) is 3.37. The molecule has 1 aliphatic rings. The fourth-order valence-electron chi connectivity index (χ4n) is 2.77. The van der Waals surface area contributed by atoms with E-state index in [1.807, 2.05) is 30.3 Å². The molecule has 0 aliphatic carbocycles. The highest BCUT2D eigenvalue weighted by atomic mass is 35.5. The van der Waals surface area contributed by atoms with E-state index in [1.54, 1.807) is 19.3 Å². The first-order chi connectivity index (χ1) is 13.2. The van der Waals surface area contributed by atoms with Crippen molar-refractivity contribution in [1.29, 1.82) is 0 Å². The number of hydrogen-bond donors (Lipinski definition) is 0. The molecular formula is C20H17ClN2O4. The molecule has 0 saturated carbocycles. The van der Waals surface area contributed by atoms with E-state index in [-0.39, 0.29) is 12.7 Å². The summed E-state index contributed by atoms with van der Waals surface area (Å²) < 4.78 is 21.5. The van der Waals surface area contributed by atoms with Gasteiger partial charge >= 0.3 is 0 Å². The molecule has 1 aliphatic heterocycles. The third-order valence-electron chi connectivity index (χ3n) is 4.22. The van der Waals surface area contributed by atoms with Gasteiger partial charge in [0.1, 0.15) is 5.03 Å². The van der Waals surface area contributed by atoms with E-state index in [0.717, 1.165) is 17.5 Å². The molecule has 2 heterocycles. The number of aromatic nitrogens is 2. The fourth-order valence-corrected chi connectivity index (χ4v) is 2.97. The van der Waals surface area contributed by atoms with Gasteiger partial charge in [-0.15, -0.1) is 0 Å². The van der Waals surface area contributed by atoms with Crippen LogP contribution in [0.3, 0.4) is 0 Å². The molecule has 3 aromatic rings. The molecule has 138 valence electrons. The summed E-state index contributed by atoms with van der Waals surface area (Å²) in [5.41, 5.74) is 2.89. The van der Waals surface area contributed by atoms with E-state index in [9.17, 15) is 0 Å². The second-order valence-electron chi connectivity index (χ2n) is 5.92. The van der Waals surface area contributed by atoms with Crippen molar-refractivity contribution in [2.45, 2.75) is 13.3 Å². The molecule has 7 heteroatoms. The number of rotatable bonds is 5. The van der Waals surface area contributed by atoms with Gasteiger partial charge in [0.25, 0.3) is 5.89 Å². The monoisotopic (exact) mass is 384 g/mol. The molecule has 0 radical (unpaired) electrons. The molecule has 0 amide bonds. The van der Waals surface area contributed by atoms with E-state index in [0.29, 0.717) is 28.1 Å². The molecular weight excluding hydrogens is 368 g/mol. The van der Waals surface area contributed by atoms with Crippen molar-refractivity contribution in [2.75, 3.05) is 13.9 Å². The van der Waals surface area contributed by atoms with Crippen molar-refractivity contribution in [3.8, 4) is 28.6 Å². The number of hydrogen-bond acceptors (Lipinski definition) is 6. The predicted octanol–water partition coefficient (Wildman–Crippen LogP) is 4.77. The zero-order valence-electron chi connectivity index (χ0n) is 14.9. The van der Waals surface area contributed by atoms with Crippen molar-refractivity contribution in [1.82, 2.24) is 10.1 Å². The highest BCUT2D eigenvalue weighted by Gasteiger charge is 2.20. The van der Waals surface area contributed by atoms with E-state index < -0.39 is 0 Å². The third-order valence-corrected chi connectivity index (χ3v) is 4.50. The number of methoxy groups -OCH3 is 1. The summed E-state index contributed by atoms with van der Waals surface area (Å²) in [6, 6.07) is 11.6. The van der Waals surface area contributed by atoms with Gasteiger partial charge in [-0.2, -0.15) is 4.98 Å². The first kappa shape index (κ1) is 17.4. The Hall–Kier alpha value is -2.99. The lowest BCUT2D eigenvalue weighted by Crippen LogP contribution is -1.93. The summed E-state index contributed by atoms with van der Waals surface area (Å²) in [7, 11) is 1.57. The number of ether oxygens (including phenoxy) is 3. The predicted molar refractivity (Wildman–Crippen MR) is 102 cm³/mol. The number of nitrogens with zero attached hydrogens (tertiary/aromatic N) is 2. The lowest BCUT2D eigenvalue weighted by atomic mass is 10.1. The minimum atomic E-state index is 0.163. The quantitative estimate of drug-likeness (QED) is 0.631. The Morgan fingerprint density at radius 3 is 2.78 bits per heavy atom. The van der Waals surface area contributed by atoms with Crippen LogP contribution < -0.4 is 14.2 Å². The Morgan fingerprint density at radius 1 is 1.22 bits per heavy atom. The summed E-state index contributed by atoms with van der Waals surface area (Å²) in [5.74, 6) is 2.49. The zero-order valence-corrected chi connectivity index (χ0v) is 15.6. The van der Waals surface area contributed by atoms with Gasteiger partial charge < -0.3 is 18.7 Å². The first-order valence-corrected chi connectivity index (χ1v) is 8.84. The van der Waals surface area contributed by atoms with Crippen LogP contribution in [0.25, 0.3) is 22.5 Å². The van der Waals surface area contributed by atoms with E-state index in [1.165, 1.54) is 5.56 Å². The van der Waals surface area contributed by atoms with Gasteiger partial charge in [0.2, 0.25) is 18.4 Å². The van der Waals surface area contributed by atoms with E-state index in [4.69, 9.17) is 30.3 Å². The normalized spacial score (nSPS) is 13.1. The standard InChI is InChI=1S/C20H17ClN2O4/c1-3-12-4-6-14(7-5-12)19-22-20(27-23-19)15(21)8-13-9-16(24-2)18-17(10-13)25-11-26-18/h4-10H,3,11H2,1-2H3/b15-8-. The van der Waals surface area contributed by atoms with Crippen LogP contribution in [0.1, 0.15) is 23.9 Å². The molecule has 0 N–H and O–H groups in total.